The zero-order valence-electron chi connectivity index (χ0n) is 15.4. The average Bonchev–Trinajstić information content (AvgIpc) is 2.61. The second kappa shape index (κ2) is 7.60. The molecule has 0 spiro atoms. The van der Waals surface area contributed by atoms with Gasteiger partial charge in [-0.25, -0.2) is 4.79 Å². The number of aryl methyl sites for hydroxylation is 3. The summed E-state index contributed by atoms with van der Waals surface area (Å²) in [6, 6.07) is 14.8. The molecule has 0 radical (unpaired) electrons. The van der Waals surface area contributed by atoms with E-state index in [1.807, 2.05) is 17.0 Å². The fourth-order valence-corrected chi connectivity index (χ4v) is 3.40. The Morgan fingerprint density at radius 3 is 2.36 bits per heavy atom. The van der Waals surface area contributed by atoms with E-state index in [1.165, 1.54) is 27.9 Å². The number of carbonyl (C=O) groups excluding carboxylic acids is 1. The molecule has 1 fully saturated rings. The topological polar surface area (TPSA) is 35.6 Å². The van der Waals surface area contributed by atoms with Crippen molar-refractivity contribution in [3.63, 3.8) is 0 Å². The summed E-state index contributed by atoms with van der Waals surface area (Å²) in [4.78, 5) is 16.7. The molecule has 1 heterocycles. The number of amides is 2. The molecule has 25 heavy (non-hydrogen) atoms. The van der Waals surface area contributed by atoms with E-state index in [2.05, 4.69) is 61.3 Å². The molecule has 1 saturated heterocycles. The summed E-state index contributed by atoms with van der Waals surface area (Å²) < 4.78 is 0. The van der Waals surface area contributed by atoms with E-state index in [0.29, 0.717) is 6.54 Å². The smallest absolute Gasteiger partial charge is 0.317 e. The third-order valence-electron chi connectivity index (χ3n) is 4.95. The van der Waals surface area contributed by atoms with Gasteiger partial charge in [0.15, 0.2) is 0 Å². The van der Waals surface area contributed by atoms with Gasteiger partial charge in [0.25, 0.3) is 0 Å². The lowest BCUT2D eigenvalue weighted by molar-refractivity contribution is 0.194. The van der Waals surface area contributed by atoms with Crippen LogP contribution in [0.4, 0.5) is 10.5 Å². The van der Waals surface area contributed by atoms with Crippen LogP contribution in [0.15, 0.2) is 42.5 Å². The number of nitrogens with zero attached hydrogens (tertiary/aromatic N) is 2. The Morgan fingerprint density at radius 1 is 0.960 bits per heavy atom. The molecule has 1 aliphatic rings. The first-order valence-corrected chi connectivity index (χ1v) is 8.94. The number of rotatable bonds is 3. The Morgan fingerprint density at radius 2 is 1.68 bits per heavy atom. The molecule has 2 aromatic rings. The maximum atomic E-state index is 12.4. The van der Waals surface area contributed by atoms with Gasteiger partial charge in [-0.3, -0.25) is 0 Å². The lowest BCUT2D eigenvalue weighted by atomic mass is 10.1. The van der Waals surface area contributed by atoms with Crippen molar-refractivity contribution >= 4 is 11.7 Å². The molecule has 3 rings (SSSR count). The van der Waals surface area contributed by atoms with Crippen LogP contribution in [-0.2, 0) is 6.54 Å². The van der Waals surface area contributed by atoms with Crippen LogP contribution in [0, 0.1) is 20.8 Å². The molecule has 1 N–H and O–H groups in total. The van der Waals surface area contributed by atoms with Gasteiger partial charge in [-0.1, -0.05) is 42.0 Å². The molecular weight excluding hydrogens is 310 g/mol. The molecule has 4 heteroatoms. The third kappa shape index (κ3) is 4.13. The minimum Gasteiger partial charge on any atom is -0.368 e. The summed E-state index contributed by atoms with van der Waals surface area (Å²) in [5.74, 6) is 0. The van der Waals surface area contributed by atoms with E-state index in [0.717, 1.165) is 26.2 Å². The van der Waals surface area contributed by atoms with Gasteiger partial charge in [0.2, 0.25) is 0 Å². The van der Waals surface area contributed by atoms with E-state index in [9.17, 15) is 4.79 Å². The number of anilines is 1. The van der Waals surface area contributed by atoms with E-state index >= 15 is 0 Å². The molecule has 0 aliphatic carbocycles. The Balaban J connectivity index is 1.53. The summed E-state index contributed by atoms with van der Waals surface area (Å²) in [6.07, 6.45) is 0. The normalized spacial score (nSPS) is 14.5. The van der Waals surface area contributed by atoms with Crippen molar-refractivity contribution in [2.24, 2.45) is 0 Å². The number of benzene rings is 2. The Kier molecular flexibility index (Phi) is 5.27. The molecule has 2 aromatic carbocycles. The molecule has 0 aromatic heterocycles. The molecular formula is C21H27N3O. The second-order valence-corrected chi connectivity index (χ2v) is 6.85. The van der Waals surface area contributed by atoms with Crippen LogP contribution >= 0.6 is 0 Å². The lowest BCUT2D eigenvalue weighted by Gasteiger charge is -2.36. The van der Waals surface area contributed by atoms with Crippen molar-refractivity contribution in [2.45, 2.75) is 27.3 Å². The van der Waals surface area contributed by atoms with Crippen molar-refractivity contribution in [2.75, 3.05) is 31.1 Å². The molecule has 4 nitrogen and oxygen atoms in total. The minimum atomic E-state index is 0.0310. The molecule has 0 unspecified atom stereocenters. The highest BCUT2D eigenvalue weighted by Gasteiger charge is 2.21. The molecule has 0 atom stereocenters. The van der Waals surface area contributed by atoms with Gasteiger partial charge in [0, 0.05) is 38.4 Å². The van der Waals surface area contributed by atoms with Crippen LogP contribution in [0.1, 0.15) is 22.3 Å². The summed E-state index contributed by atoms with van der Waals surface area (Å²) >= 11 is 0. The van der Waals surface area contributed by atoms with Crippen LogP contribution in [0.3, 0.4) is 0 Å². The molecule has 0 saturated carbocycles. The van der Waals surface area contributed by atoms with E-state index in [-0.39, 0.29) is 6.03 Å². The number of hydrogen-bond donors (Lipinski definition) is 1. The first-order chi connectivity index (χ1) is 12.0. The van der Waals surface area contributed by atoms with Crippen molar-refractivity contribution in [3.05, 3.63) is 64.7 Å². The Hall–Kier alpha value is -2.49. The second-order valence-electron chi connectivity index (χ2n) is 6.85. The molecule has 1 aliphatic heterocycles. The van der Waals surface area contributed by atoms with Crippen LogP contribution in [0.5, 0.6) is 0 Å². The van der Waals surface area contributed by atoms with Crippen molar-refractivity contribution in [3.8, 4) is 0 Å². The monoisotopic (exact) mass is 337 g/mol. The zero-order chi connectivity index (χ0) is 17.8. The predicted molar refractivity (Wildman–Crippen MR) is 103 cm³/mol. The van der Waals surface area contributed by atoms with Crippen LogP contribution in [0.2, 0.25) is 0 Å². The van der Waals surface area contributed by atoms with Crippen LogP contribution in [0.25, 0.3) is 0 Å². The minimum absolute atomic E-state index is 0.0310. The quantitative estimate of drug-likeness (QED) is 0.928. The third-order valence-corrected chi connectivity index (χ3v) is 4.95. The van der Waals surface area contributed by atoms with Gasteiger partial charge in [0.05, 0.1) is 0 Å². The SMILES string of the molecule is Cc1ccc(N2CCN(C(=O)NCc3ccccc3C)CC2)c(C)c1. The Labute approximate surface area is 150 Å². The zero-order valence-corrected chi connectivity index (χ0v) is 15.4. The fraction of sp³-hybridized carbons (Fsp3) is 0.381. The van der Waals surface area contributed by atoms with Gasteiger partial charge < -0.3 is 15.1 Å². The standard InChI is InChI=1S/C21H27N3O/c1-16-8-9-20(18(3)14-16)23-10-12-24(13-11-23)21(25)22-15-19-7-5-4-6-17(19)2/h4-9,14H,10-13,15H2,1-3H3,(H,22,25). The van der Waals surface area contributed by atoms with Gasteiger partial charge in [-0.05, 0) is 43.5 Å². The molecule has 0 bridgehead atoms. The first kappa shape index (κ1) is 17.3. The highest BCUT2D eigenvalue weighted by molar-refractivity contribution is 5.74. The average molecular weight is 337 g/mol. The maximum Gasteiger partial charge on any atom is 0.317 e. The van der Waals surface area contributed by atoms with Crippen molar-refractivity contribution < 1.29 is 4.79 Å². The highest BCUT2D eigenvalue weighted by atomic mass is 16.2. The van der Waals surface area contributed by atoms with E-state index < -0.39 is 0 Å². The van der Waals surface area contributed by atoms with Gasteiger partial charge >= 0.3 is 6.03 Å². The van der Waals surface area contributed by atoms with E-state index in [1.54, 1.807) is 0 Å². The highest BCUT2D eigenvalue weighted by Crippen LogP contribution is 2.22. The van der Waals surface area contributed by atoms with Gasteiger partial charge in [0.1, 0.15) is 0 Å². The van der Waals surface area contributed by atoms with Crippen LogP contribution < -0.4 is 10.2 Å². The summed E-state index contributed by atoms with van der Waals surface area (Å²) in [7, 11) is 0. The largest absolute Gasteiger partial charge is 0.368 e. The number of hydrogen-bond acceptors (Lipinski definition) is 2. The lowest BCUT2D eigenvalue weighted by Crippen LogP contribution is -2.51. The number of piperazine rings is 1. The van der Waals surface area contributed by atoms with Crippen molar-refractivity contribution in [1.29, 1.82) is 0 Å². The molecule has 132 valence electrons. The number of urea groups is 1. The summed E-state index contributed by atoms with van der Waals surface area (Å²) in [5, 5.41) is 3.05. The number of carbonyl (C=O) groups is 1. The summed E-state index contributed by atoms with van der Waals surface area (Å²) in [5.41, 5.74) is 6.26. The first-order valence-electron chi connectivity index (χ1n) is 8.94. The maximum absolute atomic E-state index is 12.4. The molecule has 2 amide bonds. The summed E-state index contributed by atoms with van der Waals surface area (Å²) in [6.45, 7) is 10.2. The van der Waals surface area contributed by atoms with Crippen LogP contribution in [-0.4, -0.2) is 37.1 Å². The van der Waals surface area contributed by atoms with Gasteiger partial charge in [-0.15, -0.1) is 0 Å². The fourth-order valence-electron chi connectivity index (χ4n) is 3.40. The Bertz CT molecular complexity index is 749. The predicted octanol–water partition coefficient (Wildman–Crippen LogP) is 3.64. The van der Waals surface area contributed by atoms with Crippen molar-refractivity contribution in [1.82, 2.24) is 10.2 Å². The van der Waals surface area contributed by atoms with E-state index in [4.69, 9.17) is 0 Å². The number of nitrogens with one attached hydrogen (secondary N) is 1. The van der Waals surface area contributed by atoms with Gasteiger partial charge in [-0.2, -0.15) is 0 Å².